The maximum Gasteiger partial charge on any atom is 0.0991 e. The third-order valence-electron chi connectivity index (χ3n) is 2.63. The molecular weight excluding hydrogens is 200 g/mol. The standard InChI is InChI=1S/C13H18N2O/c1-10(16-3)9-15-11(2)13-6-4-5-12(7-13)8-14/h4-7,10-11,15H,9H2,1-3H3. The molecule has 0 amide bonds. The summed E-state index contributed by atoms with van der Waals surface area (Å²) in [5, 5.41) is 12.2. The lowest BCUT2D eigenvalue weighted by Crippen LogP contribution is -2.28. The third kappa shape index (κ3) is 3.65. The van der Waals surface area contributed by atoms with Crippen LogP contribution in [-0.4, -0.2) is 19.8 Å². The number of nitrogens with zero attached hydrogens (tertiary/aromatic N) is 1. The summed E-state index contributed by atoms with van der Waals surface area (Å²) in [6, 6.07) is 10.0. The number of ether oxygens (including phenoxy) is 1. The highest BCUT2D eigenvalue weighted by atomic mass is 16.5. The van der Waals surface area contributed by atoms with Crippen LogP contribution in [0.3, 0.4) is 0 Å². The van der Waals surface area contributed by atoms with Crippen molar-refractivity contribution in [3.05, 3.63) is 35.4 Å². The van der Waals surface area contributed by atoms with Crippen molar-refractivity contribution in [3.63, 3.8) is 0 Å². The van der Waals surface area contributed by atoms with E-state index in [2.05, 4.69) is 18.3 Å². The molecule has 0 aliphatic rings. The van der Waals surface area contributed by atoms with E-state index in [1.165, 1.54) is 0 Å². The van der Waals surface area contributed by atoms with Gasteiger partial charge in [0.05, 0.1) is 17.7 Å². The fourth-order valence-corrected chi connectivity index (χ4v) is 1.42. The minimum absolute atomic E-state index is 0.196. The van der Waals surface area contributed by atoms with E-state index in [4.69, 9.17) is 10.00 Å². The zero-order valence-corrected chi connectivity index (χ0v) is 10.0. The van der Waals surface area contributed by atoms with Crippen LogP contribution in [-0.2, 0) is 4.74 Å². The van der Waals surface area contributed by atoms with Gasteiger partial charge in [-0.05, 0) is 31.5 Å². The first kappa shape index (κ1) is 12.7. The molecule has 0 saturated heterocycles. The van der Waals surface area contributed by atoms with Crippen LogP contribution >= 0.6 is 0 Å². The van der Waals surface area contributed by atoms with Crippen LogP contribution in [0.15, 0.2) is 24.3 Å². The number of hydrogen-bond donors (Lipinski definition) is 1. The fourth-order valence-electron chi connectivity index (χ4n) is 1.42. The average Bonchev–Trinajstić information content (AvgIpc) is 2.35. The molecular formula is C13H18N2O. The molecule has 0 radical (unpaired) electrons. The number of nitriles is 1. The van der Waals surface area contributed by atoms with Gasteiger partial charge in [-0.15, -0.1) is 0 Å². The molecule has 2 atom stereocenters. The Labute approximate surface area is 97.0 Å². The number of methoxy groups -OCH3 is 1. The van der Waals surface area contributed by atoms with Crippen molar-refractivity contribution in [3.8, 4) is 6.07 Å². The quantitative estimate of drug-likeness (QED) is 0.824. The lowest BCUT2D eigenvalue weighted by Gasteiger charge is -2.17. The minimum atomic E-state index is 0.196. The molecule has 86 valence electrons. The van der Waals surface area contributed by atoms with Gasteiger partial charge in [0, 0.05) is 19.7 Å². The van der Waals surface area contributed by atoms with Gasteiger partial charge in [-0.3, -0.25) is 0 Å². The Bertz CT molecular complexity index is 370. The van der Waals surface area contributed by atoms with Crippen LogP contribution in [0.5, 0.6) is 0 Å². The predicted molar refractivity (Wildman–Crippen MR) is 64.0 cm³/mol. The van der Waals surface area contributed by atoms with Gasteiger partial charge in [-0.1, -0.05) is 12.1 Å². The van der Waals surface area contributed by atoms with Crippen LogP contribution in [0.1, 0.15) is 31.0 Å². The second-order valence-electron chi connectivity index (χ2n) is 3.91. The summed E-state index contributed by atoms with van der Waals surface area (Å²) in [6.07, 6.45) is 0.196. The first-order valence-corrected chi connectivity index (χ1v) is 5.43. The topological polar surface area (TPSA) is 45.0 Å². The van der Waals surface area contributed by atoms with Crippen molar-refractivity contribution >= 4 is 0 Å². The smallest absolute Gasteiger partial charge is 0.0991 e. The highest BCUT2D eigenvalue weighted by molar-refractivity contribution is 5.33. The van der Waals surface area contributed by atoms with Crippen molar-refractivity contribution in [2.45, 2.75) is 26.0 Å². The van der Waals surface area contributed by atoms with Crippen LogP contribution in [0, 0.1) is 11.3 Å². The van der Waals surface area contributed by atoms with E-state index < -0.39 is 0 Å². The first-order valence-electron chi connectivity index (χ1n) is 5.43. The summed E-state index contributed by atoms with van der Waals surface area (Å²) < 4.78 is 5.17. The number of rotatable bonds is 5. The Hall–Kier alpha value is -1.37. The third-order valence-corrected chi connectivity index (χ3v) is 2.63. The van der Waals surface area contributed by atoms with Crippen molar-refractivity contribution in [1.82, 2.24) is 5.32 Å². The van der Waals surface area contributed by atoms with Gasteiger partial charge in [-0.2, -0.15) is 5.26 Å². The van der Waals surface area contributed by atoms with E-state index in [1.54, 1.807) is 7.11 Å². The summed E-state index contributed by atoms with van der Waals surface area (Å²) in [6.45, 7) is 4.90. The van der Waals surface area contributed by atoms with Gasteiger partial charge >= 0.3 is 0 Å². The molecule has 3 nitrogen and oxygen atoms in total. The Morgan fingerprint density at radius 1 is 1.44 bits per heavy atom. The molecule has 2 unspecified atom stereocenters. The van der Waals surface area contributed by atoms with E-state index in [0.717, 1.165) is 12.1 Å². The molecule has 0 aliphatic heterocycles. The van der Waals surface area contributed by atoms with Gasteiger partial charge in [0.2, 0.25) is 0 Å². The zero-order valence-electron chi connectivity index (χ0n) is 10.0. The molecule has 0 fully saturated rings. The molecule has 0 saturated carbocycles. The molecule has 16 heavy (non-hydrogen) atoms. The minimum Gasteiger partial charge on any atom is -0.380 e. The Morgan fingerprint density at radius 2 is 2.19 bits per heavy atom. The molecule has 0 aliphatic carbocycles. The average molecular weight is 218 g/mol. The largest absolute Gasteiger partial charge is 0.380 e. The maximum absolute atomic E-state index is 8.81. The highest BCUT2D eigenvalue weighted by Crippen LogP contribution is 2.13. The molecule has 1 N–H and O–H groups in total. The molecule has 1 aromatic rings. The molecule has 0 bridgehead atoms. The van der Waals surface area contributed by atoms with Crippen molar-refractivity contribution < 1.29 is 4.74 Å². The van der Waals surface area contributed by atoms with E-state index in [9.17, 15) is 0 Å². The maximum atomic E-state index is 8.81. The monoisotopic (exact) mass is 218 g/mol. The summed E-state index contributed by atoms with van der Waals surface area (Å²) in [7, 11) is 1.70. The number of benzene rings is 1. The molecule has 1 rings (SSSR count). The lowest BCUT2D eigenvalue weighted by atomic mass is 10.1. The van der Waals surface area contributed by atoms with E-state index >= 15 is 0 Å². The zero-order chi connectivity index (χ0) is 12.0. The summed E-state index contributed by atoms with van der Waals surface area (Å²) in [5.41, 5.74) is 1.83. The summed E-state index contributed by atoms with van der Waals surface area (Å²) >= 11 is 0. The Kier molecular flexibility index (Phi) is 4.97. The van der Waals surface area contributed by atoms with Crippen LogP contribution in [0.2, 0.25) is 0 Å². The number of hydrogen-bond acceptors (Lipinski definition) is 3. The van der Waals surface area contributed by atoms with Crippen molar-refractivity contribution in [1.29, 1.82) is 5.26 Å². The fraction of sp³-hybridized carbons (Fsp3) is 0.462. The Balaban J connectivity index is 2.59. The van der Waals surface area contributed by atoms with Gasteiger partial charge < -0.3 is 10.1 Å². The van der Waals surface area contributed by atoms with Gasteiger partial charge in [-0.25, -0.2) is 0 Å². The normalized spacial score (nSPS) is 14.1. The van der Waals surface area contributed by atoms with Crippen molar-refractivity contribution in [2.24, 2.45) is 0 Å². The van der Waals surface area contributed by atoms with Gasteiger partial charge in [0.1, 0.15) is 0 Å². The molecule has 3 heteroatoms. The van der Waals surface area contributed by atoms with Gasteiger partial charge in [0.25, 0.3) is 0 Å². The van der Waals surface area contributed by atoms with E-state index in [0.29, 0.717) is 5.56 Å². The van der Waals surface area contributed by atoms with Crippen molar-refractivity contribution in [2.75, 3.05) is 13.7 Å². The van der Waals surface area contributed by atoms with Crippen LogP contribution < -0.4 is 5.32 Å². The summed E-state index contributed by atoms with van der Waals surface area (Å²) in [4.78, 5) is 0. The molecule has 1 aromatic carbocycles. The van der Waals surface area contributed by atoms with E-state index in [1.807, 2.05) is 31.2 Å². The second kappa shape index (κ2) is 6.26. The molecule has 0 aromatic heterocycles. The van der Waals surface area contributed by atoms with Crippen LogP contribution in [0.4, 0.5) is 0 Å². The van der Waals surface area contributed by atoms with Gasteiger partial charge in [0.15, 0.2) is 0 Å². The highest BCUT2D eigenvalue weighted by Gasteiger charge is 2.07. The molecule has 0 heterocycles. The Morgan fingerprint density at radius 3 is 2.81 bits per heavy atom. The molecule has 0 spiro atoms. The predicted octanol–water partition coefficient (Wildman–Crippen LogP) is 2.24. The summed E-state index contributed by atoms with van der Waals surface area (Å²) in [5.74, 6) is 0. The van der Waals surface area contributed by atoms with Crippen LogP contribution in [0.25, 0.3) is 0 Å². The first-order chi connectivity index (χ1) is 7.67. The van der Waals surface area contributed by atoms with E-state index in [-0.39, 0.29) is 12.1 Å². The lowest BCUT2D eigenvalue weighted by molar-refractivity contribution is 0.115. The number of nitrogens with one attached hydrogen (secondary N) is 1. The second-order valence-corrected chi connectivity index (χ2v) is 3.91. The SMILES string of the molecule is COC(C)CNC(C)c1cccc(C#N)c1.